The Labute approximate surface area is 195 Å². The number of nitrogens with two attached hydrogens (primary N) is 2. The molecule has 0 aliphatic carbocycles. The van der Waals surface area contributed by atoms with Gasteiger partial charge in [-0.05, 0) is 18.9 Å². The van der Waals surface area contributed by atoms with E-state index in [1.807, 2.05) is 0 Å². The molecule has 1 aromatic rings. The lowest BCUT2D eigenvalue weighted by Crippen LogP contribution is -2.59. The fourth-order valence-corrected chi connectivity index (χ4v) is 2.83. The van der Waals surface area contributed by atoms with Crippen LogP contribution >= 0.6 is 0 Å². The number of carboxylic acids is 1. The zero-order chi connectivity index (χ0) is 25.8. The van der Waals surface area contributed by atoms with Crippen molar-refractivity contribution in [3.63, 3.8) is 0 Å². The molecule has 188 valence electrons. The van der Waals surface area contributed by atoms with Crippen LogP contribution in [0.1, 0.15) is 25.3 Å². The van der Waals surface area contributed by atoms with Gasteiger partial charge in [-0.15, -0.1) is 0 Å². The molecule has 1 aromatic carbocycles. The van der Waals surface area contributed by atoms with Gasteiger partial charge in [0.2, 0.25) is 23.6 Å². The van der Waals surface area contributed by atoms with Crippen LogP contribution in [-0.4, -0.2) is 81.8 Å². The van der Waals surface area contributed by atoms with E-state index in [4.69, 9.17) is 11.5 Å². The monoisotopic (exact) mass is 481 g/mol. The lowest BCUT2D eigenvalue weighted by molar-refractivity contribution is -0.142. The van der Waals surface area contributed by atoms with Gasteiger partial charge in [0.15, 0.2) is 0 Å². The van der Waals surface area contributed by atoms with E-state index in [1.54, 1.807) is 30.3 Å². The predicted molar refractivity (Wildman–Crippen MR) is 119 cm³/mol. The molecule has 0 aliphatic heterocycles. The number of benzene rings is 1. The third-order valence-corrected chi connectivity index (χ3v) is 4.85. The predicted octanol–water partition coefficient (Wildman–Crippen LogP) is -3.27. The van der Waals surface area contributed by atoms with E-state index in [-0.39, 0.29) is 19.3 Å². The molecule has 0 heterocycles. The van der Waals surface area contributed by atoms with Gasteiger partial charge in [-0.3, -0.25) is 19.2 Å². The molecule has 0 spiro atoms. The molecule has 13 nitrogen and oxygen atoms in total. The van der Waals surface area contributed by atoms with Crippen molar-refractivity contribution >= 4 is 29.6 Å². The van der Waals surface area contributed by atoms with Gasteiger partial charge < -0.3 is 42.7 Å². The minimum Gasteiger partial charge on any atom is -0.480 e. The Kier molecular flexibility index (Phi) is 11.6. The van der Waals surface area contributed by atoms with Gasteiger partial charge in [-0.2, -0.15) is 0 Å². The topological polar surface area (TPSA) is 234 Å². The molecular weight excluding hydrogens is 450 g/mol. The van der Waals surface area contributed by atoms with Crippen molar-refractivity contribution in [2.24, 2.45) is 11.5 Å². The summed E-state index contributed by atoms with van der Waals surface area (Å²) in [5, 5.41) is 35.2. The second-order valence-electron chi connectivity index (χ2n) is 7.67. The summed E-state index contributed by atoms with van der Waals surface area (Å²) in [4.78, 5) is 60.1. The highest BCUT2D eigenvalue weighted by Gasteiger charge is 2.31. The molecule has 34 heavy (non-hydrogen) atoms. The molecule has 1 rings (SSSR count). The molecule has 5 unspecified atom stereocenters. The summed E-state index contributed by atoms with van der Waals surface area (Å²) in [5.41, 5.74) is 11.3. The second kappa shape index (κ2) is 13.9. The minimum atomic E-state index is -1.55. The minimum absolute atomic E-state index is 0.0392. The average molecular weight is 482 g/mol. The number of hydrogen-bond acceptors (Lipinski definition) is 8. The quantitative estimate of drug-likeness (QED) is 0.133. The highest BCUT2D eigenvalue weighted by atomic mass is 16.4. The van der Waals surface area contributed by atoms with Crippen molar-refractivity contribution in [3.05, 3.63) is 35.9 Å². The highest BCUT2D eigenvalue weighted by molar-refractivity contribution is 5.94. The van der Waals surface area contributed by atoms with Crippen molar-refractivity contribution in [1.82, 2.24) is 16.0 Å². The van der Waals surface area contributed by atoms with Crippen LogP contribution in [0.3, 0.4) is 0 Å². The average Bonchev–Trinajstić information content (AvgIpc) is 2.78. The van der Waals surface area contributed by atoms with E-state index in [0.717, 1.165) is 0 Å². The summed E-state index contributed by atoms with van der Waals surface area (Å²) in [6, 6.07) is 2.89. The lowest BCUT2D eigenvalue weighted by Gasteiger charge is -2.24. The SMILES string of the molecule is CC(O)C(N)C(=O)NC(CCC(N)=O)C(=O)NC(CO)C(=O)NC(Cc1ccccc1)C(=O)O. The molecule has 10 N–H and O–H groups in total. The highest BCUT2D eigenvalue weighted by Crippen LogP contribution is 2.05. The molecule has 0 radical (unpaired) electrons. The first-order valence-corrected chi connectivity index (χ1v) is 10.5. The molecule has 0 bridgehead atoms. The van der Waals surface area contributed by atoms with Crippen molar-refractivity contribution < 1.29 is 39.3 Å². The summed E-state index contributed by atoms with van der Waals surface area (Å²) < 4.78 is 0. The summed E-state index contributed by atoms with van der Waals surface area (Å²) in [7, 11) is 0. The van der Waals surface area contributed by atoms with Crippen LogP contribution < -0.4 is 27.4 Å². The van der Waals surface area contributed by atoms with E-state index in [0.29, 0.717) is 5.56 Å². The van der Waals surface area contributed by atoms with Crippen LogP contribution in [0.5, 0.6) is 0 Å². The molecule has 5 atom stereocenters. The van der Waals surface area contributed by atoms with E-state index in [2.05, 4.69) is 16.0 Å². The van der Waals surface area contributed by atoms with Crippen LogP contribution in [0.4, 0.5) is 0 Å². The number of nitrogens with one attached hydrogen (secondary N) is 3. The van der Waals surface area contributed by atoms with Gasteiger partial charge in [0, 0.05) is 12.8 Å². The van der Waals surface area contributed by atoms with Gasteiger partial charge in [0.1, 0.15) is 24.2 Å². The maximum absolute atomic E-state index is 12.7. The summed E-state index contributed by atoms with van der Waals surface area (Å²) in [6.07, 6.45) is -1.81. The standard InChI is InChI=1S/C21H31N5O8/c1-11(28)17(23)20(32)24-13(7-8-16(22)29)18(30)26-15(10-27)19(31)25-14(21(33)34)9-12-5-3-2-4-6-12/h2-6,11,13-15,17,27-28H,7-10,23H2,1H3,(H2,22,29)(H,24,32)(H,25,31)(H,26,30)(H,33,34). The Morgan fingerprint density at radius 3 is 1.94 bits per heavy atom. The van der Waals surface area contributed by atoms with Gasteiger partial charge in [0.25, 0.3) is 0 Å². The van der Waals surface area contributed by atoms with Crippen LogP contribution in [0.2, 0.25) is 0 Å². The zero-order valence-electron chi connectivity index (χ0n) is 18.6. The first kappa shape index (κ1) is 28.5. The van der Waals surface area contributed by atoms with Crippen molar-refractivity contribution in [2.45, 2.75) is 56.5 Å². The van der Waals surface area contributed by atoms with Gasteiger partial charge in [0.05, 0.1) is 12.7 Å². The summed E-state index contributed by atoms with van der Waals surface area (Å²) in [5.74, 6) is -4.89. The first-order valence-electron chi connectivity index (χ1n) is 10.5. The van der Waals surface area contributed by atoms with E-state index in [1.165, 1.54) is 6.92 Å². The molecule has 0 saturated carbocycles. The number of aliphatic hydroxyl groups excluding tert-OH is 2. The number of hydrogen-bond donors (Lipinski definition) is 8. The lowest BCUT2D eigenvalue weighted by atomic mass is 10.1. The van der Waals surface area contributed by atoms with E-state index >= 15 is 0 Å². The zero-order valence-corrected chi connectivity index (χ0v) is 18.6. The molecule has 13 heteroatoms. The number of carbonyl (C=O) groups excluding carboxylic acids is 4. The molecule has 0 saturated heterocycles. The number of primary amides is 1. The smallest absolute Gasteiger partial charge is 0.326 e. The number of amides is 4. The largest absolute Gasteiger partial charge is 0.480 e. The van der Waals surface area contributed by atoms with Crippen LogP contribution in [0.15, 0.2) is 30.3 Å². The van der Waals surface area contributed by atoms with Gasteiger partial charge in [-0.25, -0.2) is 4.79 Å². The van der Waals surface area contributed by atoms with Crippen molar-refractivity contribution in [1.29, 1.82) is 0 Å². The number of carboxylic acid groups (broad SMARTS) is 1. The Hall–Kier alpha value is -3.55. The molecular formula is C21H31N5O8. The van der Waals surface area contributed by atoms with Gasteiger partial charge >= 0.3 is 5.97 Å². The Bertz CT molecular complexity index is 864. The first-order chi connectivity index (χ1) is 16.0. The second-order valence-corrected chi connectivity index (χ2v) is 7.67. The number of aliphatic hydroxyl groups is 2. The summed E-state index contributed by atoms with van der Waals surface area (Å²) >= 11 is 0. The van der Waals surface area contributed by atoms with Crippen LogP contribution in [0, 0.1) is 0 Å². The van der Waals surface area contributed by atoms with Crippen molar-refractivity contribution in [2.75, 3.05) is 6.61 Å². The third-order valence-electron chi connectivity index (χ3n) is 4.85. The summed E-state index contributed by atoms with van der Waals surface area (Å²) in [6.45, 7) is 0.391. The van der Waals surface area contributed by atoms with E-state index < -0.39 is 66.5 Å². The van der Waals surface area contributed by atoms with Gasteiger partial charge in [-0.1, -0.05) is 30.3 Å². The maximum Gasteiger partial charge on any atom is 0.326 e. The third kappa shape index (κ3) is 9.52. The Balaban J connectivity index is 2.89. The van der Waals surface area contributed by atoms with Crippen LogP contribution in [-0.2, 0) is 30.4 Å². The maximum atomic E-state index is 12.7. The molecule has 0 aromatic heterocycles. The van der Waals surface area contributed by atoms with Crippen molar-refractivity contribution in [3.8, 4) is 0 Å². The molecule has 4 amide bonds. The normalized spacial score (nSPS) is 15.2. The fraction of sp³-hybridized carbons (Fsp3) is 0.476. The molecule has 0 fully saturated rings. The van der Waals surface area contributed by atoms with E-state index in [9.17, 15) is 39.3 Å². The number of aliphatic carboxylic acids is 1. The number of rotatable bonds is 14. The Morgan fingerprint density at radius 2 is 1.44 bits per heavy atom. The Morgan fingerprint density at radius 1 is 0.912 bits per heavy atom. The van der Waals surface area contributed by atoms with Crippen LogP contribution in [0.25, 0.3) is 0 Å². The fourth-order valence-electron chi connectivity index (χ4n) is 2.83. The number of carbonyl (C=O) groups is 5. The molecule has 0 aliphatic rings.